The van der Waals surface area contributed by atoms with E-state index in [4.69, 9.17) is 9.47 Å². The van der Waals surface area contributed by atoms with Gasteiger partial charge in [-0.25, -0.2) is 0 Å². The number of rotatable bonds is 5. The molecule has 1 amide bonds. The van der Waals surface area contributed by atoms with E-state index in [0.717, 1.165) is 14.9 Å². The highest BCUT2D eigenvalue weighted by Gasteiger charge is 2.29. The minimum atomic E-state index is -0.0453. The van der Waals surface area contributed by atoms with Gasteiger partial charge in [0.15, 0.2) is 16.7 Å². The van der Waals surface area contributed by atoms with E-state index >= 15 is 0 Å². The number of nitrogens with zero attached hydrogens (tertiary/aromatic N) is 2. The van der Waals surface area contributed by atoms with Crippen molar-refractivity contribution >= 4 is 51.5 Å². The first kappa shape index (κ1) is 19.1. The quantitative estimate of drug-likeness (QED) is 0.493. The topological polar surface area (TPSA) is 51.1 Å². The first-order valence-corrected chi connectivity index (χ1v) is 9.54. The second kappa shape index (κ2) is 8.24. The highest BCUT2D eigenvalue weighted by atomic mass is 127. The number of benzene rings is 1. The number of aliphatic imine (C=N–C) groups is 1. The lowest BCUT2D eigenvalue weighted by Gasteiger charge is -2.17. The number of amidine groups is 1. The highest BCUT2D eigenvalue weighted by molar-refractivity contribution is 14.1. The van der Waals surface area contributed by atoms with E-state index in [0.29, 0.717) is 22.4 Å². The molecule has 1 aromatic rings. The number of halogens is 1. The van der Waals surface area contributed by atoms with Crippen molar-refractivity contribution in [2.24, 2.45) is 4.99 Å². The van der Waals surface area contributed by atoms with E-state index in [1.165, 1.54) is 11.8 Å². The lowest BCUT2D eigenvalue weighted by molar-refractivity contribution is -0.121. The van der Waals surface area contributed by atoms with Crippen LogP contribution in [0, 0.1) is 3.57 Å². The molecule has 0 spiro atoms. The summed E-state index contributed by atoms with van der Waals surface area (Å²) >= 11 is 3.61. The molecule has 2 rings (SSSR count). The van der Waals surface area contributed by atoms with Crippen LogP contribution >= 0.6 is 34.4 Å². The van der Waals surface area contributed by atoms with E-state index in [2.05, 4.69) is 27.6 Å². The number of likely N-dealkylation sites (N-methyl/N-ethyl adjacent to an activating group) is 1. The van der Waals surface area contributed by atoms with Crippen LogP contribution in [0.2, 0.25) is 0 Å². The normalized spacial score (nSPS) is 18.1. The molecule has 0 atom stereocenters. The maximum Gasteiger partial charge on any atom is 0.266 e. The molecule has 24 heavy (non-hydrogen) atoms. The van der Waals surface area contributed by atoms with Gasteiger partial charge in [-0.2, -0.15) is 0 Å². The molecule has 0 aliphatic carbocycles. The molecule has 1 fully saturated rings. The fourth-order valence-corrected chi connectivity index (χ4v) is 3.86. The maximum absolute atomic E-state index is 12.3. The van der Waals surface area contributed by atoms with Gasteiger partial charge in [-0.05, 0) is 78.9 Å². The number of hydrogen-bond donors (Lipinski definition) is 0. The van der Waals surface area contributed by atoms with Gasteiger partial charge in [0, 0.05) is 14.1 Å². The monoisotopic (exact) mass is 460 g/mol. The summed E-state index contributed by atoms with van der Waals surface area (Å²) in [5.74, 6) is 1.39. The van der Waals surface area contributed by atoms with E-state index in [9.17, 15) is 4.79 Å². The molecule has 0 unspecified atom stereocenters. The summed E-state index contributed by atoms with van der Waals surface area (Å²) in [6.07, 6.45) is 1.93. The highest BCUT2D eigenvalue weighted by Crippen LogP contribution is 2.37. The molecule has 1 aliphatic rings. The molecule has 1 aromatic carbocycles. The Morgan fingerprint density at radius 3 is 2.67 bits per heavy atom. The van der Waals surface area contributed by atoms with Crippen LogP contribution in [0.4, 0.5) is 0 Å². The smallest absolute Gasteiger partial charge is 0.266 e. The Kier molecular flexibility index (Phi) is 6.56. The van der Waals surface area contributed by atoms with E-state index in [-0.39, 0.29) is 12.0 Å². The van der Waals surface area contributed by atoms with Crippen LogP contribution < -0.4 is 9.47 Å². The van der Waals surface area contributed by atoms with Crippen molar-refractivity contribution in [3.8, 4) is 11.5 Å². The molecular formula is C17H21IN2O3S. The van der Waals surface area contributed by atoms with Crippen LogP contribution in [-0.4, -0.2) is 42.8 Å². The Morgan fingerprint density at radius 2 is 2.12 bits per heavy atom. The summed E-state index contributed by atoms with van der Waals surface area (Å²) in [6, 6.07) is 3.90. The SMILES string of the molecule is CCOc1cc(/C=C2/SC(=NC)N(C)C2=O)cc(I)c1OC(C)C. The molecule has 1 heterocycles. The Morgan fingerprint density at radius 1 is 1.42 bits per heavy atom. The Balaban J connectivity index is 2.41. The van der Waals surface area contributed by atoms with Gasteiger partial charge in [0.1, 0.15) is 0 Å². The maximum atomic E-state index is 12.3. The zero-order valence-electron chi connectivity index (χ0n) is 14.4. The van der Waals surface area contributed by atoms with Crippen molar-refractivity contribution in [2.45, 2.75) is 26.9 Å². The standard InChI is InChI=1S/C17H21IN2O3S/c1-6-22-13-8-11(7-12(18)15(13)23-10(2)3)9-14-16(21)20(5)17(19-4)24-14/h7-10H,6H2,1-5H3/b14-9+,19-17?. The molecule has 130 valence electrons. The molecule has 1 saturated heterocycles. The van der Waals surface area contributed by atoms with Gasteiger partial charge in [0.05, 0.1) is 21.2 Å². The van der Waals surface area contributed by atoms with Gasteiger partial charge >= 0.3 is 0 Å². The number of carbonyl (C=O) groups excluding carboxylic acids is 1. The predicted molar refractivity (Wildman–Crippen MR) is 108 cm³/mol. The van der Waals surface area contributed by atoms with Crippen LogP contribution in [0.15, 0.2) is 22.0 Å². The summed E-state index contributed by atoms with van der Waals surface area (Å²) in [5, 5.41) is 0.700. The van der Waals surface area contributed by atoms with Crippen molar-refractivity contribution in [3.05, 3.63) is 26.2 Å². The fraction of sp³-hybridized carbons (Fsp3) is 0.412. The Hall–Kier alpha value is -1.22. The van der Waals surface area contributed by atoms with Gasteiger partial charge < -0.3 is 9.47 Å². The Labute approximate surface area is 160 Å². The second-order valence-corrected chi connectivity index (χ2v) is 7.58. The molecule has 0 N–H and O–H groups in total. The summed E-state index contributed by atoms with van der Waals surface area (Å²) in [6.45, 7) is 6.45. The zero-order valence-corrected chi connectivity index (χ0v) is 17.4. The molecular weight excluding hydrogens is 439 g/mol. The predicted octanol–water partition coefficient (Wildman–Crippen LogP) is 4.01. The van der Waals surface area contributed by atoms with Crippen LogP contribution in [0.25, 0.3) is 6.08 Å². The largest absolute Gasteiger partial charge is 0.490 e. The van der Waals surface area contributed by atoms with Gasteiger partial charge in [0.25, 0.3) is 5.91 Å². The second-order valence-electron chi connectivity index (χ2n) is 5.41. The molecule has 7 heteroatoms. The fourth-order valence-electron chi connectivity index (χ4n) is 2.19. The number of carbonyl (C=O) groups is 1. The average molecular weight is 460 g/mol. The number of thioether (sulfide) groups is 1. The summed E-state index contributed by atoms with van der Waals surface area (Å²) < 4.78 is 12.6. The molecule has 0 saturated carbocycles. The van der Waals surface area contributed by atoms with E-state index < -0.39 is 0 Å². The van der Waals surface area contributed by atoms with Gasteiger partial charge in [-0.3, -0.25) is 14.7 Å². The first-order valence-electron chi connectivity index (χ1n) is 7.64. The van der Waals surface area contributed by atoms with Crippen LogP contribution in [0.5, 0.6) is 11.5 Å². The van der Waals surface area contributed by atoms with Crippen LogP contribution in [-0.2, 0) is 4.79 Å². The third kappa shape index (κ3) is 4.24. The molecule has 0 radical (unpaired) electrons. The van der Waals surface area contributed by atoms with Crippen molar-refractivity contribution in [1.82, 2.24) is 4.90 Å². The van der Waals surface area contributed by atoms with Gasteiger partial charge in [-0.15, -0.1) is 0 Å². The minimum Gasteiger partial charge on any atom is -0.490 e. The molecule has 0 bridgehead atoms. The van der Waals surface area contributed by atoms with Crippen molar-refractivity contribution < 1.29 is 14.3 Å². The van der Waals surface area contributed by atoms with Crippen molar-refractivity contribution in [3.63, 3.8) is 0 Å². The molecule has 5 nitrogen and oxygen atoms in total. The van der Waals surface area contributed by atoms with Gasteiger partial charge in [0.2, 0.25) is 0 Å². The lowest BCUT2D eigenvalue weighted by atomic mass is 10.2. The third-order valence-electron chi connectivity index (χ3n) is 3.18. The van der Waals surface area contributed by atoms with Gasteiger partial charge in [-0.1, -0.05) is 0 Å². The van der Waals surface area contributed by atoms with Crippen LogP contribution in [0.1, 0.15) is 26.3 Å². The Bertz CT molecular complexity index is 701. The lowest BCUT2D eigenvalue weighted by Crippen LogP contribution is -2.23. The number of ether oxygens (including phenoxy) is 2. The molecule has 0 aromatic heterocycles. The third-order valence-corrected chi connectivity index (χ3v) is 5.13. The number of amides is 1. The minimum absolute atomic E-state index is 0.0453. The number of hydrogen-bond acceptors (Lipinski definition) is 5. The zero-order chi connectivity index (χ0) is 17.9. The van der Waals surface area contributed by atoms with E-state index in [1.54, 1.807) is 19.0 Å². The summed E-state index contributed by atoms with van der Waals surface area (Å²) in [4.78, 5) is 18.6. The first-order chi connectivity index (χ1) is 11.4. The molecule has 1 aliphatic heterocycles. The summed E-state index contributed by atoms with van der Waals surface area (Å²) in [5.41, 5.74) is 0.903. The van der Waals surface area contributed by atoms with E-state index in [1.807, 2.05) is 39.0 Å². The van der Waals surface area contributed by atoms with Crippen LogP contribution in [0.3, 0.4) is 0 Å². The van der Waals surface area contributed by atoms with Crippen molar-refractivity contribution in [1.29, 1.82) is 0 Å². The summed E-state index contributed by atoms with van der Waals surface area (Å²) in [7, 11) is 3.41. The van der Waals surface area contributed by atoms with Crippen molar-refractivity contribution in [2.75, 3.05) is 20.7 Å². The average Bonchev–Trinajstić information content (AvgIpc) is 2.78.